The first-order valence-electron chi connectivity index (χ1n) is 8.75. The Hall–Kier alpha value is -2.24. The molecular formula is C19H27NO5. The maximum atomic E-state index is 12.4. The molecule has 6 nitrogen and oxygen atoms in total. The fourth-order valence-electron chi connectivity index (χ4n) is 2.94. The van der Waals surface area contributed by atoms with Gasteiger partial charge in [-0.2, -0.15) is 0 Å². The van der Waals surface area contributed by atoms with Crippen LogP contribution in [-0.2, 0) is 4.79 Å². The summed E-state index contributed by atoms with van der Waals surface area (Å²) in [7, 11) is 1.54. The summed E-state index contributed by atoms with van der Waals surface area (Å²) >= 11 is 0. The summed E-state index contributed by atoms with van der Waals surface area (Å²) in [5, 5.41) is 12.0. The molecular weight excluding hydrogens is 322 g/mol. The maximum Gasteiger partial charge on any atom is 0.306 e. The van der Waals surface area contributed by atoms with E-state index in [-0.39, 0.29) is 17.9 Å². The Balaban J connectivity index is 1.97. The van der Waals surface area contributed by atoms with Crippen molar-refractivity contribution in [1.82, 2.24) is 5.32 Å². The van der Waals surface area contributed by atoms with Gasteiger partial charge in [0.25, 0.3) is 5.91 Å². The van der Waals surface area contributed by atoms with Crippen molar-refractivity contribution in [3.05, 3.63) is 23.8 Å². The molecule has 2 N–H and O–H groups in total. The fraction of sp³-hybridized carbons (Fsp3) is 0.579. The Morgan fingerprint density at radius 2 is 2.04 bits per heavy atom. The molecule has 0 bridgehead atoms. The molecule has 1 aliphatic carbocycles. The zero-order valence-corrected chi connectivity index (χ0v) is 15.1. The Bertz CT molecular complexity index is 614. The summed E-state index contributed by atoms with van der Waals surface area (Å²) in [5.41, 5.74) is 0.479. The monoisotopic (exact) mass is 349 g/mol. The van der Waals surface area contributed by atoms with Crippen LogP contribution in [0.1, 0.15) is 49.9 Å². The molecule has 1 aromatic rings. The number of nitrogens with one attached hydrogen (secondary N) is 1. The molecule has 1 fully saturated rings. The van der Waals surface area contributed by atoms with Crippen molar-refractivity contribution in [2.45, 2.75) is 45.6 Å². The maximum absolute atomic E-state index is 12.4. The van der Waals surface area contributed by atoms with Crippen LogP contribution in [-0.4, -0.2) is 36.7 Å². The number of carbonyl (C=O) groups is 2. The summed E-state index contributed by atoms with van der Waals surface area (Å²) in [5.74, 6) is 0.316. The van der Waals surface area contributed by atoms with Gasteiger partial charge < -0.3 is 19.9 Å². The molecule has 0 heterocycles. The average Bonchev–Trinajstić information content (AvgIpc) is 3.03. The molecule has 138 valence electrons. The van der Waals surface area contributed by atoms with Gasteiger partial charge in [-0.1, -0.05) is 13.8 Å². The standard InChI is InChI=1S/C19H27NO5/c1-12(2)8-9-25-16-7-5-13(11-17(16)24-3)18(21)20-15-6-4-14(10-15)19(22)23/h5,7,11-12,14-15H,4,6,8-10H2,1-3H3,(H,20,21)(H,22,23)/t14-,15+/m1/s1. The molecule has 0 radical (unpaired) electrons. The van der Waals surface area contributed by atoms with Crippen LogP contribution in [0.3, 0.4) is 0 Å². The Kier molecular flexibility index (Phi) is 6.67. The van der Waals surface area contributed by atoms with E-state index in [1.807, 2.05) is 0 Å². The van der Waals surface area contributed by atoms with E-state index in [1.165, 1.54) is 0 Å². The topological polar surface area (TPSA) is 84.9 Å². The van der Waals surface area contributed by atoms with Gasteiger partial charge in [-0.3, -0.25) is 9.59 Å². The normalized spacial score (nSPS) is 19.7. The minimum absolute atomic E-state index is 0.0958. The smallest absolute Gasteiger partial charge is 0.306 e. The summed E-state index contributed by atoms with van der Waals surface area (Å²) in [6.45, 7) is 4.86. The number of aliphatic carboxylic acids is 1. The van der Waals surface area contributed by atoms with Gasteiger partial charge in [0, 0.05) is 11.6 Å². The fourth-order valence-corrected chi connectivity index (χ4v) is 2.94. The lowest BCUT2D eigenvalue weighted by Crippen LogP contribution is -2.33. The minimum atomic E-state index is -0.790. The molecule has 1 amide bonds. The van der Waals surface area contributed by atoms with Gasteiger partial charge in [0.15, 0.2) is 11.5 Å². The quantitative estimate of drug-likeness (QED) is 0.753. The molecule has 0 aromatic heterocycles. The number of carbonyl (C=O) groups excluding carboxylic acids is 1. The van der Waals surface area contributed by atoms with Crippen molar-refractivity contribution in [1.29, 1.82) is 0 Å². The van der Waals surface area contributed by atoms with Crippen LogP contribution in [0, 0.1) is 11.8 Å². The summed E-state index contributed by atoms with van der Waals surface area (Å²) in [6.07, 6.45) is 2.72. The molecule has 1 aromatic carbocycles. The second-order valence-corrected chi connectivity index (χ2v) is 6.92. The van der Waals surface area contributed by atoms with Gasteiger partial charge in [-0.25, -0.2) is 0 Å². The zero-order chi connectivity index (χ0) is 18.4. The van der Waals surface area contributed by atoms with Gasteiger partial charge in [0.2, 0.25) is 0 Å². The number of amides is 1. The average molecular weight is 349 g/mol. The van der Waals surface area contributed by atoms with Crippen LogP contribution in [0.4, 0.5) is 0 Å². The van der Waals surface area contributed by atoms with Crippen molar-refractivity contribution in [3.8, 4) is 11.5 Å². The number of ether oxygens (including phenoxy) is 2. The number of hydrogen-bond donors (Lipinski definition) is 2. The largest absolute Gasteiger partial charge is 0.493 e. The number of carboxylic acid groups (broad SMARTS) is 1. The second-order valence-electron chi connectivity index (χ2n) is 6.92. The SMILES string of the molecule is COc1cc(C(=O)N[C@H]2CC[C@@H](C(=O)O)C2)ccc1OCCC(C)C. The van der Waals surface area contributed by atoms with E-state index >= 15 is 0 Å². The van der Waals surface area contributed by atoms with E-state index in [2.05, 4.69) is 19.2 Å². The minimum Gasteiger partial charge on any atom is -0.493 e. The highest BCUT2D eigenvalue weighted by atomic mass is 16.5. The molecule has 6 heteroatoms. The van der Waals surface area contributed by atoms with Crippen molar-refractivity contribution in [2.24, 2.45) is 11.8 Å². The first-order valence-corrected chi connectivity index (χ1v) is 8.75. The number of carboxylic acids is 1. The van der Waals surface area contributed by atoms with E-state index in [0.717, 1.165) is 6.42 Å². The van der Waals surface area contributed by atoms with Crippen LogP contribution in [0.25, 0.3) is 0 Å². The van der Waals surface area contributed by atoms with E-state index in [0.29, 0.717) is 48.8 Å². The predicted octanol–water partition coefficient (Wildman–Crippen LogP) is 3.10. The molecule has 2 atom stereocenters. The number of rotatable bonds is 8. The molecule has 0 unspecified atom stereocenters. The summed E-state index contributed by atoms with van der Waals surface area (Å²) in [4.78, 5) is 23.4. The van der Waals surface area contributed by atoms with Gasteiger partial charge in [-0.05, 0) is 49.8 Å². The second kappa shape index (κ2) is 8.74. The highest BCUT2D eigenvalue weighted by molar-refractivity contribution is 5.95. The van der Waals surface area contributed by atoms with Crippen molar-refractivity contribution in [3.63, 3.8) is 0 Å². The Morgan fingerprint density at radius 3 is 2.64 bits per heavy atom. The molecule has 25 heavy (non-hydrogen) atoms. The Morgan fingerprint density at radius 1 is 1.28 bits per heavy atom. The third kappa shape index (κ3) is 5.37. The van der Waals surface area contributed by atoms with Crippen molar-refractivity contribution >= 4 is 11.9 Å². The number of methoxy groups -OCH3 is 1. The molecule has 0 aliphatic heterocycles. The third-order valence-corrected chi connectivity index (χ3v) is 4.50. The lowest BCUT2D eigenvalue weighted by molar-refractivity contribution is -0.141. The van der Waals surface area contributed by atoms with E-state index < -0.39 is 5.97 Å². The van der Waals surface area contributed by atoms with E-state index in [9.17, 15) is 9.59 Å². The molecule has 1 aliphatic rings. The Labute approximate surface area is 148 Å². The van der Waals surface area contributed by atoms with Crippen molar-refractivity contribution in [2.75, 3.05) is 13.7 Å². The van der Waals surface area contributed by atoms with E-state index in [4.69, 9.17) is 14.6 Å². The lowest BCUT2D eigenvalue weighted by Gasteiger charge is -2.15. The van der Waals surface area contributed by atoms with Crippen LogP contribution in [0.2, 0.25) is 0 Å². The zero-order valence-electron chi connectivity index (χ0n) is 15.1. The molecule has 2 rings (SSSR count). The first-order chi connectivity index (χ1) is 11.9. The lowest BCUT2D eigenvalue weighted by atomic mass is 10.1. The highest BCUT2D eigenvalue weighted by Gasteiger charge is 2.30. The van der Waals surface area contributed by atoms with Crippen molar-refractivity contribution < 1.29 is 24.2 Å². The number of hydrogen-bond acceptors (Lipinski definition) is 4. The van der Waals surface area contributed by atoms with Gasteiger partial charge in [0.05, 0.1) is 19.6 Å². The van der Waals surface area contributed by atoms with Crippen LogP contribution in [0.15, 0.2) is 18.2 Å². The molecule has 0 spiro atoms. The summed E-state index contributed by atoms with van der Waals surface area (Å²) < 4.78 is 11.1. The molecule has 1 saturated carbocycles. The van der Waals surface area contributed by atoms with Gasteiger partial charge in [0.1, 0.15) is 0 Å². The third-order valence-electron chi connectivity index (χ3n) is 4.50. The van der Waals surface area contributed by atoms with Crippen LogP contribution in [0.5, 0.6) is 11.5 Å². The van der Waals surface area contributed by atoms with Crippen LogP contribution >= 0.6 is 0 Å². The number of benzene rings is 1. The van der Waals surface area contributed by atoms with Crippen LogP contribution < -0.4 is 14.8 Å². The van der Waals surface area contributed by atoms with E-state index in [1.54, 1.807) is 25.3 Å². The summed E-state index contributed by atoms with van der Waals surface area (Å²) in [6, 6.07) is 5.00. The van der Waals surface area contributed by atoms with Gasteiger partial charge >= 0.3 is 5.97 Å². The molecule has 0 saturated heterocycles. The first kappa shape index (κ1) is 19.1. The predicted molar refractivity (Wildman–Crippen MR) is 94.2 cm³/mol. The highest BCUT2D eigenvalue weighted by Crippen LogP contribution is 2.29. The van der Waals surface area contributed by atoms with Gasteiger partial charge in [-0.15, -0.1) is 0 Å².